The van der Waals surface area contributed by atoms with E-state index in [4.69, 9.17) is 5.73 Å². The molecule has 1 heterocycles. The van der Waals surface area contributed by atoms with Gasteiger partial charge in [0.05, 0.1) is 11.0 Å². The summed E-state index contributed by atoms with van der Waals surface area (Å²) in [5, 5.41) is 5.57. The number of hydrogen-bond acceptors (Lipinski definition) is 5. The number of H-pyrrole nitrogens is 1. The van der Waals surface area contributed by atoms with Crippen molar-refractivity contribution in [3.8, 4) is 0 Å². The van der Waals surface area contributed by atoms with E-state index in [1.807, 2.05) is 41.7 Å². The van der Waals surface area contributed by atoms with Crippen molar-refractivity contribution in [3.63, 3.8) is 0 Å². The second kappa shape index (κ2) is 9.36. The van der Waals surface area contributed by atoms with Crippen LogP contribution in [-0.4, -0.2) is 27.8 Å². The molecule has 0 aliphatic heterocycles. The number of carbonyl (C=O) groups excluding carboxylic acids is 3. The molecule has 4 rings (SSSR count). The molecule has 32 heavy (non-hydrogen) atoms. The Morgan fingerprint density at radius 1 is 0.906 bits per heavy atom. The van der Waals surface area contributed by atoms with Gasteiger partial charge in [-0.3, -0.25) is 14.9 Å². The molecule has 5 N–H and O–H groups in total. The summed E-state index contributed by atoms with van der Waals surface area (Å²) in [4.78, 5) is 43.1. The minimum absolute atomic E-state index is 0.208. The molecule has 0 aliphatic carbocycles. The van der Waals surface area contributed by atoms with E-state index < -0.39 is 11.9 Å². The second-order valence-electron chi connectivity index (χ2n) is 6.90. The SMILES string of the molecule is NC(=O)NC(=O)c1cccc(NC(=O)c2ccc(CSc3nc4ccccc4[nH]3)cc2)c1. The number of carbonyl (C=O) groups is 3. The third kappa shape index (κ3) is 5.13. The molecule has 0 unspecified atom stereocenters. The molecule has 3 aromatic carbocycles. The normalized spacial score (nSPS) is 10.6. The highest BCUT2D eigenvalue weighted by atomic mass is 32.2. The van der Waals surface area contributed by atoms with Crippen LogP contribution in [0, 0.1) is 0 Å². The first-order valence-electron chi connectivity index (χ1n) is 9.66. The van der Waals surface area contributed by atoms with E-state index in [0.717, 1.165) is 21.8 Å². The predicted octanol–water partition coefficient (Wildman–Crippen LogP) is 3.92. The minimum atomic E-state index is -0.942. The second-order valence-corrected chi connectivity index (χ2v) is 7.86. The standard InChI is InChI=1S/C23H19N5O3S/c24-22(31)28-21(30)16-4-3-5-17(12-16)25-20(29)15-10-8-14(9-11-15)13-32-23-26-18-6-1-2-7-19(18)27-23/h1-12H,13H2,(H,25,29)(H,26,27)(H3,24,28,30,31). The van der Waals surface area contributed by atoms with E-state index in [9.17, 15) is 14.4 Å². The van der Waals surface area contributed by atoms with Gasteiger partial charge in [-0.1, -0.05) is 42.1 Å². The van der Waals surface area contributed by atoms with Gasteiger partial charge in [0.2, 0.25) is 0 Å². The topological polar surface area (TPSA) is 130 Å². The molecular formula is C23H19N5O3S. The van der Waals surface area contributed by atoms with Crippen molar-refractivity contribution < 1.29 is 14.4 Å². The number of anilines is 1. The Labute approximate surface area is 187 Å². The Hall–Kier alpha value is -4.11. The number of amides is 4. The van der Waals surface area contributed by atoms with Gasteiger partial charge >= 0.3 is 6.03 Å². The van der Waals surface area contributed by atoms with E-state index in [-0.39, 0.29) is 11.5 Å². The lowest BCUT2D eigenvalue weighted by molar-refractivity contribution is 0.0964. The number of aromatic nitrogens is 2. The zero-order valence-electron chi connectivity index (χ0n) is 16.8. The van der Waals surface area contributed by atoms with Gasteiger partial charge in [0.15, 0.2) is 5.16 Å². The highest BCUT2D eigenvalue weighted by Gasteiger charge is 2.11. The van der Waals surface area contributed by atoms with Crippen molar-refractivity contribution in [1.29, 1.82) is 0 Å². The van der Waals surface area contributed by atoms with Crippen molar-refractivity contribution in [2.75, 3.05) is 5.32 Å². The van der Waals surface area contributed by atoms with Crippen LogP contribution < -0.4 is 16.4 Å². The number of thioether (sulfide) groups is 1. The molecule has 1 aromatic heterocycles. The third-order valence-corrected chi connectivity index (χ3v) is 5.52. The van der Waals surface area contributed by atoms with Crippen LogP contribution in [0.2, 0.25) is 0 Å². The Bertz CT molecular complexity index is 1270. The number of benzene rings is 3. The zero-order valence-corrected chi connectivity index (χ0v) is 17.6. The van der Waals surface area contributed by atoms with Crippen LogP contribution in [0.3, 0.4) is 0 Å². The number of imide groups is 1. The van der Waals surface area contributed by atoms with Gasteiger partial charge < -0.3 is 16.0 Å². The lowest BCUT2D eigenvalue weighted by Gasteiger charge is -2.08. The Kier molecular flexibility index (Phi) is 6.18. The third-order valence-electron chi connectivity index (χ3n) is 4.58. The average molecular weight is 446 g/mol. The first-order chi connectivity index (χ1) is 15.5. The van der Waals surface area contributed by atoms with Crippen LogP contribution in [0.5, 0.6) is 0 Å². The number of fused-ring (bicyclic) bond motifs is 1. The fourth-order valence-corrected chi connectivity index (χ4v) is 3.87. The predicted molar refractivity (Wildman–Crippen MR) is 124 cm³/mol. The summed E-state index contributed by atoms with van der Waals surface area (Å²) in [6.45, 7) is 0. The number of nitrogens with two attached hydrogens (primary N) is 1. The van der Waals surface area contributed by atoms with Gasteiger partial charge in [-0.15, -0.1) is 0 Å². The molecular weight excluding hydrogens is 426 g/mol. The maximum absolute atomic E-state index is 12.6. The summed E-state index contributed by atoms with van der Waals surface area (Å²) in [6, 6.07) is 20.4. The molecule has 160 valence electrons. The van der Waals surface area contributed by atoms with Crippen molar-refractivity contribution in [3.05, 3.63) is 89.5 Å². The molecule has 0 saturated heterocycles. The van der Waals surface area contributed by atoms with Gasteiger partial charge in [0.25, 0.3) is 11.8 Å². The summed E-state index contributed by atoms with van der Waals surface area (Å²) < 4.78 is 0. The average Bonchev–Trinajstić information content (AvgIpc) is 3.21. The van der Waals surface area contributed by atoms with Gasteiger partial charge in [-0.05, 0) is 48.0 Å². The molecule has 9 heteroatoms. The summed E-state index contributed by atoms with van der Waals surface area (Å²) in [5.41, 5.74) is 9.06. The number of para-hydroxylation sites is 2. The number of hydrogen-bond donors (Lipinski definition) is 4. The number of rotatable bonds is 6. The molecule has 0 radical (unpaired) electrons. The van der Waals surface area contributed by atoms with Crippen molar-refractivity contribution in [2.45, 2.75) is 10.9 Å². The first-order valence-corrected chi connectivity index (χ1v) is 10.7. The van der Waals surface area contributed by atoms with E-state index in [1.165, 1.54) is 12.1 Å². The van der Waals surface area contributed by atoms with Crippen molar-refractivity contribution >= 4 is 46.3 Å². The fraction of sp³-hybridized carbons (Fsp3) is 0.0435. The molecule has 0 saturated carbocycles. The van der Waals surface area contributed by atoms with Crippen molar-refractivity contribution in [1.82, 2.24) is 15.3 Å². The van der Waals surface area contributed by atoms with E-state index in [0.29, 0.717) is 17.0 Å². The van der Waals surface area contributed by atoms with Gasteiger partial charge in [-0.2, -0.15) is 0 Å². The fourth-order valence-electron chi connectivity index (χ4n) is 3.03. The molecule has 0 bridgehead atoms. The monoisotopic (exact) mass is 445 g/mol. The largest absolute Gasteiger partial charge is 0.351 e. The molecule has 4 amide bonds. The van der Waals surface area contributed by atoms with Crippen LogP contribution >= 0.6 is 11.8 Å². The number of aromatic amines is 1. The molecule has 0 atom stereocenters. The minimum Gasteiger partial charge on any atom is -0.351 e. The Morgan fingerprint density at radius 3 is 2.44 bits per heavy atom. The first kappa shape index (κ1) is 21.1. The molecule has 0 aliphatic rings. The molecule has 8 nitrogen and oxygen atoms in total. The number of primary amides is 1. The Balaban J connectivity index is 1.36. The van der Waals surface area contributed by atoms with Gasteiger partial charge in [-0.25, -0.2) is 9.78 Å². The number of urea groups is 1. The summed E-state index contributed by atoms with van der Waals surface area (Å²) in [6.07, 6.45) is 0. The smallest absolute Gasteiger partial charge is 0.319 e. The zero-order chi connectivity index (χ0) is 22.5. The van der Waals surface area contributed by atoms with Gasteiger partial charge in [0.1, 0.15) is 0 Å². The lowest BCUT2D eigenvalue weighted by Crippen LogP contribution is -2.34. The van der Waals surface area contributed by atoms with Gasteiger partial charge in [0, 0.05) is 22.6 Å². The number of imidazole rings is 1. The molecule has 4 aromatic rings. The van der Waals surface area contributed by atoms with Crippen molar-refractivity contribution in [2.24, 2.45) is 5.73 Å². The van der Waals surface area contributed by atoms with Crippen LogP contribution in [-0.2, 0) is 5.75 Å². The maximum Gasteiger partial charge on any atom is 0.319 e. The molecule has 0 spiro atoms. The van der Waals surface area contributed by atoms with Crippen LogP contribution in [0.1, 0.15) is 26.3 Å². The van der Waals surface area contributed by atoms with Crippen LogP contribution in [0.25, 0.3) is 11.0 Å². The van der Waals surface area contributed by atoms with E-state index >= 15 is 0 Å². The highest BCUT2D eigenvalue weighted by molar-refractivity contribution is 7.98. The van der Waals surface area contributed by atoms with E-state index in [2.05, 4.69) is 15.3 Å². The number of nitrogens with one attached hydrogen (secondary N) is 3. The van der Waals surface area contributed by atoms with Crippen LogP contribution in [0.15, 0.2) is 78.0 Å². The Morgan fingerprint density at radius 2 is 1.69 bits per heavy atom. The number of nitrogens with zero attached hydrogens (tertiary/aromatic N) is 1. The van der Waals surface area contributed by atoms with Crippen LogP contribution in [0.4, 0.5) is 10.5 Å². The quantitative estimate of drug-likeness (QED) is 0.334. The summed E-state index contributed by atoms with van der Waals surface area (Å²) in [7, 11) is 0. The summed E-state index contributed by atoms with van der Waals surface area (Å²) >= 11 is 1.59. The maximum atomic E-state index is 12.6. The highest BCUT2D eigenvalue weighted by Crippen LogP contribution is 2.23. The molecule has 0 fully saturated rings. The van der Waals surface area contributed by atoms with E-state index in [1.54, 1.807) is 36.0 Å². The summed E-state index contributed by atoms with van der Waals surface area (Å²) in [5.74, 6) is -0.243. The lowest BCUT2D eigenvalue weighted by atomic mass is 10.1.